The van der Waals surface area contributed by atoms with E-state index in [9.17, 15) is 15.0 Å². The maximum atomic E-state index is 13.2. The van der Waals surface area contributed by atoms with Gasteiger partial charge in [-0.25, -0.2) is 0 Å². The third-order valence-electron chi connectivity index (χ3n) is 4.73. The molecule has 148 valence electrons. The number of ether oxygens (including phenoxy) is 2. The van der Waals surface area contributed by atoms with Crippen LogP contribution >= 0.6 is 0 Å². The highest BCUT2D eigenvalue weighted by Crippen LogP contribution is 2.38. The average Bonchev–Trinajstić information content (AvgIpc) is 2.68. The molecule has 0 atom stereocenters. The maximum Gasteiger partial charge on any atom is 0.204 e. The van der Waals surface area contributed by atoms with Crippen LogP contribution in [0.1, 0.15) is 31.7 Å². The summed E-state index contributed by atoms with van der Waals surface area (Å²) >= 11 is 0. The van der Waals surface area contributed by atoms with Gasteiger partial charge in [-0.2, -0.15) is 0 Å². The second-order valence-corrected chi connectivity index (χ2v) is 6.55. The number of phenols is 2. The zero-order chi connectivity index (χ0) is 20.3. The van der Waals surface area contributed by atoms with E-state index < -0.39 is 5.43 Å². The second kappa shape index (κ2) is 8.25. The van der Waals surface area contributed by atoms with Gasteiger partial charge in [-0.3, -0.25) is 4.79 Å². The molecular formula is C22H24O6. The van der Waals surface area contributed by atoms with Crippen LogP contribution in [-0.4, -0.2) is 24.4 Å². The van der Waals surface area contributed by atoms with Gasteiger partial charge in [0.25, 0.3) is 0 Å². The summed E-state index contributed by atoms with van der Waals surface area (Å²) in [4.78, 5) is 13.2. The first-order valence-corrected chi connectivity index (χ1v) is 9.23. The molecule has 0 fully saturated rings. The molecule has 1 heterocycles. The van der Waals surface area contributed by atoms with Crippen molar-refractivity contribution in [2.45, 2.75) is 32.6 Å². The Kier molecular flexibility index (Phi) is 5.78. The van der Waals surface area contributed by atoms with Gasteiger partial charge in [0.2, 0.25) is 5.43 Å². The highest BCUT2D eigenvalue weighted by molar-refractivity contribution is 5.97. The molecule has 28 heavy (non-hydrogen) atoms. The molecule has 2 N–H and O–H groups in total. The lowest BCUT2D eigenvalue weighted by Gasteiger charge is -2.12. The van der Waals surface area contributed by atoms with Crippen molar-refractivity contribution in [1.82, 2.24) is 0 Å². The third kappa shape index (κ3) is 3.50. The number of benzene rings is 2. The van der Waals surface area contributed by atoms with Gasteiger partial charge in [-0.1, -0.05) is 31.9 Å². The molecule has 6 nitrogen and oxygen atoms in total. The van der Waals surface area contributed by atoms with Crippen molar-refractivity contribution in [3.05, 3.63) is 46.1 Å². The molecule has 0 saturated heterocycles. The lowest BCUT2D eigenvalue weighted by molar-refractivity contribution is 0.371. The molecule has 6 heteroatoms. The summed E-state index contributed by atoms with van der Waals surface area (Å²) in [7, 11) is 2.90. The van der Waals surface area contributed by atoms with Crippen LogP contribution in [0, 0.1) is 0 Å². The van der Waals surface area contributed by atoms with Crippen molar-refractivity contribution >= 4 is 21.9 Å². The van der Waals surface area contributed by atoms with Gasteiger partial charge in [0.1, 0.15) is 28.1 Å². The standard InChI is InChI=1S/C22H24O6/c1-4-5-6-7-8-9-14-19-17(12-18(27-3)21(14)24)28-16-11-13(26-2)10-15(23)20(16)22(19)25/h7-8,10-12,23-24H,4-6,9H2,1-3H3. The molecule has 0 aliphatic rings. The molecule has 1 aromatic heterocycles. The van der Waals surface area contributed by atoms with Crippen molar-refractivity contribution in [2.75, 3.05) is 14.2 Å². The number of hydrogen-bond donors (Lipinski definition) is 2. The number of hydrogen-bond acceptors (Lipinski definition) is 6. The smallest absolute Gasteiger partial charge is 0.204 e. The fraction of sp³-hybridized carbons (Fsp3) is 0.318. The van der Waals surface area contributed by atoms with E-state index >= 15 is 0 Å². The van der Waals surface area contributed by atoms with Crippen molar-refractivity contribution in [3.8, 4) is 23.0 Å². The fourth-order valence-corrected chi connectivity index (χ4v) is 3.25. The molecule has 0 spiro atoms. The van der Waals surface area contributed by atoms with Crippen LogP contribution in [0.3, 0.4) is 0 Å². The van der Waals surface area contributed by atoms with Gasteiger partial charge in [0, 0.05) is 23.8 Å². The zero-order valence-corrected chi connectivity index (χ0v) is 16.2. The Labute approximate surface area is 162 Å². The molecular weight excluding hydrogens is 360 g/mol. The molecule has 2 aromatic carbocycles. The molecule has 3 rings (SSSR count). The monoisotopic (exact) mass is 384 g/mol. The van der Waals surface area contributed by atoms with Crippen molar-refractivity contribution in [1.29, 1.82) is 0 Å². The van der Waals surface area contributed by atoms with E-state index in [1.54, 1.807) is 6.07 Å². The topological polar surface area (TPSA) is 89.1 Å². The molecule has 0 saturated carbocycles. The van der Waals surface area contributed by atoms with Crippen LogP contribution in [0.5, 0.6) is 23.0 Å². The Morgan fingerprint density at radius 3 is 2.46 bits per heavy atom. The van der Waals surface area contributed by atoms with Crippen LogP contribution in [0.15, 0.2) is 39.6 Å². The molecule has 0 amide bonds. The van der Waals surface area contributed by atoms with Crippen molar-refractivity contribution < 1.29 is 24.1 Å². The van der Waals surface area contributed by atoms with Gasteiger partial charge >= 0.3 is 0 Å². The largest absolute Gasteiger partial charge is 0.507 e. The van der Waals surface area contributed by atoms with Crippen LogP contribution in [-0.2, 0) is 6.42 Å². The summed E-state index contributed by atoms with van der Waals surface area (Å²) in [6.45, 7) is 2.12. The maximum absolute atomic E-state index is 13.2. The zero-order valence-electron chi connectivity index (χ0n) is 16.2. The minimum absolute atomic E-state index is 0.0501. The van der Waals surface area contributed by atoms with E-state index in [1.165, 1.54) is 26.4 Å². The van der Waals surface area contributed by atoms with E-state index in [0.717, 1.165) is 19.3 Å². The predicted octanol–water partition coefficient (Wildman–Crippen LogP) is 4.66. The van der Waals surface area contributed by atoms with E-state index in [0.29, 0.717) is 17.7 Å². The molecule has 3 aromatic rings. The van der Waals surface area contributed by atoms with Gasteiger partial charge in [-0.05, 0) is 12.8 Å². The summed E-state index contributed by atoms with van der Waals surface area (Å²) in [5, 5.41) is 21.2. The number of fused-ring (bicyclic) bond motifs is 2. The Morgan fingerprint density at radius 2 is 1.79 bits per heavy atom. The van der Waals surface area contributed by atoms with E-state index in [2.05, 4.69) is 6.92 Å². The molecule has 0 aliphatic heterocycles. The minimum atomic E-state index is -0.411. The SMILES string of the molecule is CCCCC=CCc1c(O)c(OC)cc2oc3cc(OC)cc(O)c3c(=O)c12. The first kappa shape index (κ1) is 19.6. The van der Waals surface area contributed by atoms with E-state index in [1.807, 2.05) is 12.2 Å². The lowest BCUT2D eigenvalue weighted by atomic mass is 10.0. The van der Waals surface area contributed by atoms with Crippen molar-refractivity contribution in [3.63, 3.8) is 0 Å². The molecule has 0 unspecified atom stereocenters. The first-order chi connectivity index (χ1) is 13.5. The highest BCUT2D eigenvalue weighted by Gasteiger charge is 2.20. The van der Waals surface area contributed by atoms with Gasteiger partial charge in [0.05, 0.1) is 19.6 Å². The summed E-state index contributed by atoms with van der Waals surface area (Å²) in [6.07, 6.45) is 7.38. The molecule has 0 bridgehead atoms. The highest BCUT2D eigenvalue weighted by atomic mass is 16.5. The Hall–Kier alpha value is -3.15. The quantitative estimate of drug-likeness (QED) is 0.350. The fourth-order valence-electron chi connectivity index (χ4n) is 3.25. The summed E-state index contributed by atoms with van der Waals surface area (Å²) < 4.78 is 16.3. The van der Waals surface area contributed by atoms with Crippen LogP contribution in [0.4, 0.5) is 0 Å². The number of phenolic OH excluding ortho intramolecular Hbond substituents is 2. The molecule has 0 radical (unpaired) electrons. The predicted molar refractivity (Wildman–Crippen MR) is 109 cm³/mol. The van der Waals surface area contributed by atoms with Crippen LogP contribution in [0.2, 0.25) is 0 Å². The van der Waals surface area contributed by atoms with Crippen LogP contribution in [0.25, 0.3) is 21.9 Å². The molecule has 0 aliphatic carbocycles. The Balaban J connectivity index is 2.28. The summed E-state index contributed by atoms with van der Waals surface area (Å²) in [5.74, 6) is 0.260. The lowest BCUT2D eigenvalue weighted by Crippen LogP contribution is -2.06. The van der Waals surface area contributed by atoms with Crippen LogP contribution < -0.4 is 14.9 Å². The number of methoxy groups -OCH3 is 2. The van der Waals surface area contributed by atoms with Crippen molar-refractivity contribution in [2.24, 2.45) is 0 Å². The number of aromatic hydroxyl groups is 2. The average molecular weight is 384 g/mol. The first-order valence-electron chi connectivity index (χ1n) is 9.23. The van der Waals surface area contributed by atoms with E-state index in [4.69, 9.17) is 13.9 Å². The van der Waals surface area contributed by atoms with E-state index in [-0.39, 0.29) is 39.2 Å². The Morgan fingerprint density at radius 1 is 1.04 bits per heavy atom. The Bertz CT molecular complexity index is 1090. The number of allylic oxidation sites excluding steroid dienone is 2. The summed E-state index contributed by atoms with van der Waals surface area (Å²) in [6, 6.07) is 4.38. The van der Waals surface area contributed by atoms with Gasteiger partial charge < -0.3 is 24.1 Å². The van der Waals surface area contributed by atoms with Gasteiger partial charge in [-0.15, -0.1) is 0 Å². The third-order valence-corrected chi connectivity index (χ3v) is 4.73. The van der Waals surface area contributed by atoms with Gasteiger partial charge in [0.15, 0.2) is 11.5 Å². The normalized spacial score (nSPS) is 11.5. The number of rotatable bonds is 7. The number of unbranched alkanes of at least 4 members (excludes halogenated alkanes) is 2. The minimum Gasteiger partial charge on any atom is -0.507 e. The second-order valence-electron chi connectivity index (χ2n) is 6.55. The summed E-state index contributed by atoms with van der Waals surface area (Å²) in [5.41, 5.74) is 0.475.